The summed E-state index contributed by atoms with van der Waals surface area (Å²) in [5.41, 5.74) is 2.54. The second-order valence-corrected chi connectivity index (χ2v) is 6.46. The average molecular weight is 320 g/mol. The molecule has 1 fully saturated rings. The van der Waals surface area contributed by atoms with Gasteiger partial charge in [-0.3, -0.25) is 4.79 Å². The lowest BCUT2D eigenvalue weighted by Gasteiger charge is -2.19. The van der Waals surface area contributed by atoms with E-state index < -0.39 is 0 Å². The van der Waals surface area contributed by atoms with Crippen molar-refractivity contribution in [2.45, 2.75) is 32.1 Å². The van der Waals surface area contributed by atoms with Gasteiger partial charge in [-0.1, -0.05) is 28.4 Å². The molecule has 3 heteroatoms. The highest BCUT2D eigenvalue weighted by Gasteiger charge is 2.23. The fraction of sp³-hybridized carbons (Fsp3) is 0.438. The van der Waals surface area contributed by atoms with E-state index in [1.54, 1.807) is 0 Å². The van der Waals surface area contributed by atoms with Crippen molar-refractivity contribution in [3.63, 3.8) is 0 Å². The second-order valence-electron chi connectivity index (χ2n) is 5.54. The molecular weight excluding hydrogens is 302 g/mol. The minimum atomic E-state index is 0.239. The van der Waals surface area contributed by atoms with Gasteiger partial charge in [-0.15, -0.1) is 0 Å². The number of benzene rings is 1. The molecule has 19 heavy (non-hydrogen) atoms. The van der Waals surface area contributed by atoms with Crippen LogP contribution in [-0.2, 0) is 18.3 Å². The highest BCUT2D eigenvalue weighted by Crippen LogP contribution is 2.29. The molecule has 0 aliphatic heterocycles. The van der Waals surface area contributed by atoms with Gasteiger partial charge in [0.15, 0.2) is 0 Å². The smallest absolute Gasteiger partial charge is 0.136 e. The summed E-state index contributed by atoms with van der Waals surface area (Å²) < 4.78 is 3.25. The summed E-state index contributed by atoms with van der Waals surface area (Å²) in [6.45, 7) is 0. The maximum atomic E-state index is 12.0. The van der Waals surface area contributed by atoms with Crippen molar-refractivity contribution in [2.75, 3.05) is 0 Å². The number of hydrogen-bond acceptors (Lipinski definition) is 1. The fourth-order valence-corrected chi connectivity index (χ4v) is 3.49. The first-order chi connectivity index (χ1) is 9.15. The first-order valence-corrected chi connectivity index (χ1v) is 7.70. The van der Waals surface area contributed by atoms with Crippen LogP contribution in [0.4, 0.5) is 0 Å². The number of nitrogens with zero attached hydrogens (tertiary/aromatic N) is 1. The molecule has 1 aliphatic rings. The Morgan fingerprint density at radius 3 is 3.00 bits per heavy atom. The Bertz CT molecular complexity index is 629. The molecule has 1 aliphatic carbocycles. The maximum absolute atomic E-state index is 12.0. The highest BCUT2D eigenvalue weighted by atomic mass is 79.9. The molecule has 1 aromatic carbocycles. The average Bonchev–Trinajstić information content (AvgIpc) is 2.69. The summed E-state index contributed by atoms with van der Waals surface area (Å²) >= 11 is 3.52. The van der Waals surface area contributed by atoms with Crippen LogP contribution in [0.15, 0.2) is 28.9 Å². The van der Waals surface area contributed by atoms with E-state index in [2.05, 4.69) is 51.9 Å². The van der Waals surface area contributed by atoms with Crippen LogP contribution >= 0.6 is 15.9 Å². The van der Waals surface area contributed by atoms with E-state index in [0.717, 1.165) is 30.2 Å². The van der Waals surface area contributed by atoms with Gasteiger partial charge >= 0.3 is 0 Å². The summed E-state index contributed by atoms with van der Waals surface area (Å²) in [6, 6.07) is 6.37. The van der Waals surface area contributed by atoms with Crippen molar-refractivity contribution in [3.05, 3.63) is 34.4 Å². The molecule has 2 aromatic rings. The monoisotopic (exact) mass is 319 g/mol. The summed E-state index contributed by atoms with van der Waals surface area (Å²) in [5.74, 6) is 0.698. The molecule has 1 saturated carbocycles. The summed E-state index contributed by atoms with van der Waals surface area (Å²) in [4.78, 5) is 12.0. The van der Waals surface area contributed by atoms with E-state index in [9.17, 15) is 4.79 Å². The molecule has 1 unspecified atom stereocenters. The van der Waals surface area contributed by atoms with E-state index in [1.165, 1.54) is 22.9 Å². The van der Waals surface area contributed by atoms with Crippen LogP contribution in [0.2, 0.25) is 0 Å². The van der Waals surface area contributed by atoms with Crippen LogP contribution in [0, 0.1) is 5.92 Å². The molecule has 0 spiro atoms. The summed E-state index contributed by atoms with van der Waals surface area (Å²) in [7, 11) is 2.07. The third-order valence-corrected chi connectivity index (χ3v) is 4.68. The lowest BCUT2D eigenvalue weighted by molar-refractivity contribution is -0.124. The Hall–Kier alpha value is -1.09. The normalized spacial score (nSPS) is 20.1. The number of halogens is 1. The van der Waals surface area contributed by atoms with Gasteiger partial charge in [-0.25, -0.2) is 0 Å². The van der Waals surface area contributed by atoms with Crippen molar-refractivity contribution in [1.82, 2.24) is 4.57 Å². The highest BCUT2D eigenvalue weighted by molar-refractivity contribution is 9.10. The number of carbonyl (C=O) groups excluding carboxylic acids is 1. The Labute approximate surface area is 121 Å². The molecule has 0 radical (unpaired) electrons. The largest absolute Gasteiger partial charge is 0.350 e. The van der Waals surface area contributed by atoms with Gasteiger partial charge in [0.2, 0.25) is 0 Å². The van der Waals surface area contributed by atoms with E-state index in [-0.39, 0.29) is 5.92 Å². The number of carbonyl (C=O) groups is 1. The maximum Gasteiger partial charge on any atom is 0.136 e. The van der Waals surface area contributed by atoms with Crippen molar-refractivity contribution >= 4 is 32.6 Å². The van der Waals surface area contributed by atoms with Gasteiger partial charge in [0.1, 0.15) is 5.78 Å². The first kappa shape index (κ1) is 12.9. The lowest BCUT2D eigenvalue weighted by Crippen LogP contribution is -2.20. The Morgan fingerprint density at radius 2 is 2.21 bits per heavy atom. The molecule has 0 bridgehead atoms. The molecule has 100 valence electrons. The minimum absolute atomic E-state index is 0.239. The number of fused-ring (bicyclic) bond motifs is 1. The molecule has 0 amide bonds. The zero-order valence-corrected chi connectivity index (χ0v) is 12.7. The van der Waals surface area contributed by atoms with Crippen LogP contribution < -0.4 is 0 Å². The molecule has 1 atom stereocenters. The standard InChI is InChI=1S/C16H18BrNO/c1-18-10-12(8-11-4-2-3-5-16(11)19)14-7-6-13(17)9-15(14)18/h6-7,9-11H,2-5,8H2,1H3. The first-order valence-electron chi connectivity index (χ1n) is 6.91. The predicted octanol–water partition coefficient (Wildman–Crippen LogP) is 4.24. The topological polar surface area (TPSA) is 22.0 Å². The number of aryl methyl sites for hydroxylation is 1. The fourth-order valence-electron chi connectivity index (χ4n) is 3.14. The van der Waals surface area contributed by atoms with Gasteiger partial charge in [-0.05, 0) is 37.0 Å². The molecule has 0 N–H and O–H groups in total. The van der Waals surface area contributed by atoms with Crippen molar-refractivity contribution in [3.8, 4) is 0 Å². The quantitative estimate of drug-likeness (QED) is 0.811. The number of hydrogen-bond donors (Lipinski definition) is 0. The third-order valence-electron chi connectivity index (χ3n) is 4.18. The van der Waals surface area contributed by atoms with Crippen molar-refractivity contribution < 1.29 is 4.79 Å². The molecule has 1 aromatic heterocycles. The van der Waals surface area contributed by atoms with Gasteiger partial charge in [-0.2, -0.15) is 0 Å². The second kappa shape index (κ2) is 5.12. The zero-order chi connectivity index (χ0) is 13.4. The molecular formula is C16H18BrNO. The molecule has 2 nitrogen and oxygen atoms in total. The number of ketones is 1. The third kappa shape index (κ3) is 2.48. The SMILES string of the molecule is Cn1cc(CC2CCCCC2=O)c2ccc(Br)cc21. The van der Waals surface area contributed by atoms with E-state index in [0.29, 0.717) is 5.78 Å². The van der Waals surface area contributed by atoms with Crippen LogP contribution in [0.1, 0.15) is 31.2 Å². The minimum Gasteiger partial charge on any atom is -0.350 e. The van der Waals surface area contributed by atoms with Gasteiger partial charge in [0.05, 0.1) is 0 Å². The summed E-state index contributed by atoms with van der Waals surface area (Å²) in [5, 5.41) is 1.28. The van der Waals surface area contributed by atoms with E-state index in [4.69, 9.17) is 0 Å². The Kier molecular flexibility index (Phi) is 3.48. The van der Waals surface area contributed by atoms with E-state index >= 15 is 0 Å². The van der Waals surface area contributed by atoms with Crippen LogP contribution in [0.3, 0.4) is 0 Å². The molecule has 1 heterocycles. The Morgan fingerprint density at radius 1 is 1.37 bits per heavy atom. The van der Waals surface area contributed by atoms with Gasteiger partial charge in [0.25, 0.3) is 0 Å². The van der Waals surface area contributed by atoms with Crippen molar-refractivity contribution in [2.24, 2.45) is 13.0 Å². The molecule has 0 saturated heterocycles. The molecule has 3 rings (SSSR count). The van der Waals surface area contributed by atoms with Gasteiger partial charge in [0, 0.05) is 41.0 Å². The van der Waals surface area contributed by atoms with Crippen LogP contribution in [0.5, 0.6) is 0 Å². The van der Waals surface area contributed by atoms with Crippen molar-refractivity contribution in [1.29, 1.82) is 0 Å². The predicted molar refractivity (Wildman–Crippen MR) is 81.3 cm³/mol. The van der Waals surface area contributed by atoms with Crippen LogP contribution in [-0.4, -0.2) is 10.4 Å². The number of aromatic nitrogens is 1. The lowest BCUT2D eigenvalue weighted by atomic mass is 9.84. The van der Waals surface area contributed by atoms with Gasteiger partial charge < -0.3 is 4.57 Å². The van der Waals surface area contributed by atoms with E-state index in [1.807, 2.05) is 0 Å². The number of rotatable bonds is 2. The van der Waals surface area contributed by atoms with Crippen LogP contribution in [0.25, 0.3) is 10.9 Å². The zero-order valence-electron chi connectivity index (χ0n) is 11.2. The Balaban J connectivity index is 1.94. The summed E-state index contributed by atoms with van der Waals surface area (Å²) in [6.07, 6.45) is 7.20. The number of Topliss-reactive ketones (excluding diaryl/α,β-unsaturated/α-hetero) is 1.